The second kappa shape index (κ2) is 8.83. The quantitative estimate of drug-likeness (QED) is 0.229. The van der Waals surface area contributed by atoms with Crippen molar-refractivity contribution in [1.82, 2.24) is 0 Å². The summed E-state index contributed by atoms with van der Waals surface area (Å²) in [5, 5.41) is 0. The van der Waals surface area contributed by atoms with E-state index in [2.05, 4.69) is 0 Å². The zero-order valence-electron chi connectivity index (χ0n) is 16.9. The van der Waals surface area contributed by atoms with Crippen LogP contribution in [0.2, 0.25) is 0 Å². The maximum atomic E-state index is 14.5. The molecule has 0 saturated heterocycles. The molecule has 0 saturated carbocycles. The highest BCUT2D eigenvalue weighted by molar-refractivity contribution is 5.71. The van der Waals surface area contributed by atoms with Crippen LogP contribution in [0.25, 0.3) is 22.3 Å². The standard InChI is InChI=1S/C26H17F5O/c1-15-2-4-17(5-3-15)18-6-8-19(9-7-18)20-12-23(29)26(24(30)13-20)32-14-16-10-21(27)25(31)22(28)11-16/h2-13H,14H2,1H3. The highest BCUT2D eigenvalue weighted by Gasteiger charge is 2.16. The molecule has 4 aromatic rings. The summed E-state index contributed by atoms with van der Waals surface area (Å²) < 4.78 is 73.8. The molecule has 0 N–H and O–H groups in total. The van der Waals surface area contributed by atoms with E-state index in [1.54, 1.807) is 12.1 Å². The summed E-state index contributed by atoms with van der Waals surface area (Å²) in [6.45, 7) is 1.46. The van der Waals surface area contributed by atoms with E-state index in [1.165, 1.54) is 0 Å². The van der Waals surface area contributed by atoms with Gasteiger partial charge in [-0.2, -0.15) is 0 Å². The molecule has 1 nitrogen and oxygen atoms in total. The van der Waals surface area contributed by atoms with E-state index in [9.17, 15) is 22.0 Å². The van der Waals surface area contributed by atoms with Crippen molar-refractivity contribution in [2.45, 2.75) is 13.5 Å². The SMILES string of the molecule is Cc1ccc(-c2ccc(-c3cc(F)c(OCc4cc(F)c(F)c(F)c4)c(F)c3)cc2)cc1. The fraction of sp³-hybridized carbons (Fsp3) is 0.0769. The summed E-state index contributed by atoms with van der Waals surface area (Å²) in [6, 6.07) is 18.9. The van der Waals surface area contributed by atoms with Gasteiger partial charge in [-0.1, -0.05) is 54.1 Å². The predicted molar refractivity (Wildman–Crippen MR) is 113 cm³/mol. The Morgan fingerprint density at radius 1 is 0.562 bits per heavy atom. The fourth-order valence-corrected chi connectivity index (χ4v) is 3.31. The number of ether oxygens (including phenoxy) is 1. The molecule has 0 radical (unpaired) electrons. The van der Waals surface area contributed by atoms with Crippen LogP contribution < -0.4 is 4.74 Å². The maximum Gasteiger partial charge on any atom is 0.194 e. The maximum absolute atomic E-state index is 14.5. The van der Waals surface area contributed by atoms with Crippen LogP contribution in [0.15, 0.2) is 72.8 Å². The van der Waals surface area contributed by atoms with Gasteiger partial charge in [-0.15, -0.1) is 0 Å². The van der Waals surface area contributed by atoms with Crippen LogP contribution in [0.4, 0.5) is 22.0 Å². The highest BCUT2D eigenvalue weighted by Crippen LogP contribution is 2.31. The van der Waals surface area contributed by atoms with Gasteiger partial charge in [0.05, 0.1) is 0 Å². The summed E-state index contributed by atoms with van der Waals surface area (Å²) in [4.78, 5) is 0. The molecule has 0 aliphatic rings. The third-order valence-electron chi connectivity index (χ3n) is 5.03. The molecule has 0 aromatic heterocycles. The average molecular weight is 440 g/mol. The van der Waals surface area contributed by atoms with E-state index in [0.29, 0.717) is 23.3 Å². The lowest BCUT2D eigenvalue weighted by Gasteiger charge is -2.11. The number of hydrogen-bond acceptors (Lipinski definition) is 1. The van der Waals surface area contributed by atoms with Crippen LogP contribution >= 0.6 is 0 Å². The van der Waals surface area contributed by atoms with Crippen molar-refractivity contribution in [3.8, 4) is 28.0 Å². The molecule has 0 bridgehead atoms. The van der Waals surface area contributed by atoms with E-state index in [1.807, 2.05) is 43.3 Å². The van der Waals surface area contributed by atoms with Gasteiger partial charge in [0.1, 0.15) is 6.61 Å². The molecule has 162 valence electrons. The summed E-state index contributed by atoms with van der Waals surface area (Å²) in [6.07, 6.45) is 0. The van der Waals surface area contributed by atoms with Crippen LogP contribution in [-0.4, -0.2) is 0 Å². The Hall–Kier alpha value is -3.67. The van der Waals surface area contributed by atoms with Crippen molar-refractivity contribution in [3.63, 3.8) is 0 Å². The van der Waals surface area contributed by atoms with Gasteiger partial charge in [-0.25, -0.2) is 22.0 Å². The molecule has 0 aliphatic carbocycles. The molecule has 0 aliphatic heterocycles. The number of benzene rings is 4. The Morgan fingerprint density at radius 3 is 1.50 bits per heavy atom. The van der Waals surface area contributed by atoms with Crippen LogP contribution in [0.5, 0.6) is 5.75 Å². The van der Waals surface area contributed by atoms with E-state index in [4.69, 9.17) is 4.74 Å². The van der Waals surface area contributed by atoms with Crippen molar-refractivity contribution in [1.29, 1.82) is 0 Å². The first-order valence-electron chi connectivity index (χ1n) is 9.74. The first-order chi connectivity index (χ1) is 15.3. The van der Waals surface area contributed by atoms with Gasteiger partial charge in [-0.3, -0.25) is 0 Å². The van der Waals surface area contributed by atoms with Gasteiger partial charge in [0.2, 0.25) is 0 Å². The summed E-state index contributed by atoms with van der Waals surface area (Å²) >= 11 is 0. The number of hydrogen-bond donors (Lipinski definition) is 0. The largest absolute Gasteiger partial charge is 0.483 e. The Bertz CT molecular complexity index is 1220. The van der Waals surface area contributed by atoms with Gasteiger partial charge in [-0.05, 0) is 59.0 Å². The molecule has 0 atom stereocenters. The molecule has 6 heteroatoms. The normalized spacial score (nSPS) is 10.9. The van der Waals surface area contributed by atoms with Crippen LogP contribution in [-0.2, 0) is 6.61 Å². The van der Waals surface area contributed by atoms with Gasteiger partial charge >= 0.3 is 0 Å². The summed E-state index contributed by atoms with van der Waals surface area (Å²) in [7, 11) is 0. The lowest BCUT2D eigenvalue weighted by molar-refractivity contribution is 0.272. The number of halogens is 5. The van der Waals surface area contributed by atoms with Crippen molar-refractivity contribution in [3.05, 3.63) is 113 Å². The second-order valence-corrected chi connectivity index (χ2v) is 7.37. The molecule has 0 heterocycles. The van der Waals surface area contributed by atoms with Crippen molar-refractivity contribution >= 4 is 0 Å². The Kier molecular flexibility index (Phi) is 5.95. The lowest BCUT2D eigenvalue weighted by atomic mass is 9.99. The molecule has 0 fully saturated rings. The Balaban J connectivity index is 1.54. The predicted octanol–water partition coefficient (Wildman–Crippen LogP) is 7.60. The monoisotopic (exact) mass is 440 g/mol. The van der Waals surface area contributed by atoms with E-state index in [0.717, 1.165) is 28.8 Å². The molecule has 0 unspecified atom stereocenters. The first-order valence-corrected chi connectivity index (χ1v) is 9.74. The zero-order valence-corrected chi connectivity index (χ0v) is 16.9. The minimum atomic E-state index is -1.62. The topological polar surface area (TPSA) is 9.23 Å². The molecule has 4 rings (SSSR count). The summed E-state index contributed by atoms with van der Waals surface area (Å²) in [5.74, 6) is -7.06. The highest BCUT2D eigenvalue weighted by atomic mass is 19.2. The minimum absolute atomic E-state index is 0.101. The average Bonchev–Trinajstić information content (AvgIpc) is 2.77. The summed E-state index contributed by atoms with van der Waals surface area (Å²) in [5.41, 5.74) is 3.95. The molecule has 32 heavy (non-hydrogen) atoms. The van der Waals surface area contributed by atoms with Gasteiger partial charge in [0, 0.05) is 0 Å². The smallest absolute Gasteiger partial charge is 0.194 e. The molecule has 0 amide bonds. The van der Waals surface area contributed by atoms with Crippen molar-refractivity contribution in [2.75, 3.05) is 0 Å². The van der Waals surface area contributed by atoms with Gasteiger partial charge in [0.25, 0.3) is 0 Å². The zero-order chi connectivity index (χ0) is 22.8. The van der Waals surface area contributed by atoms with Crippen LogP contribution in [0.3, 0.4) is 0 Å². The van der Waals surface area contributed by atoms with Crippen molar-refractivity contribution in [2.24, 2.45) is 0 Å². The van der Waals surface area contributed by atoms with E-state index < -0.39 is 41.4 Å². The number of rotatable bonds is 5. The molecular formula is C26H17F5O. The van der Waals surface area contributed by atoms with Gasteiger partial charge in [0.15, 0.2) is 34.8 Å². The third kappa shape index (κ3) is 4.49. The van der Waals surface area contributed by atoms with Gasteiger partial charge < -0.3 is 4.74 Å². The minimum Gasteiger partial charge on any atom is -0.483 e. The number of aryl methyl sites for hydroxylation is 1. The lowest BCUT2D eigenvalue weighted by Crippen LogP contribution is -2.03. The van der Waals surface area contributed by atoms with Crippen LogP contribution in [0, 0.1) is 36.0 Å². The Labute approximate surface area is 181 Å². The van der Waals surface area contributed by atoms with E-state index >= 15 is 0 Å². The molecule has 4 aromatic carbocycles. The van der Waals surface area contributed by atoms with E-state index in [-0.39, 0.29) is 5.56 Å². The Morgan fingerprint density at radius 2 is 1.00 bits per heavy atom. The third-order valence-corrected chi connectivity index (χ3v) is 5.03. The second-order valence-electron chi connectivity index (χ2n) is 7.37. The molecular weight excluding hydrogens is 423 g/mol. The van der Waals surface area contributed by atoms with Crippen LogP contribution in [0.1, 0.15) is 11.1 Å². The molecule has 0 spiro atoms. The van der Waals surface area contributed by atoms with Crippen molar-refractivity contribution < 1.29 is 26.7 Å². The fourth-order valence-electron chi connectivity index (χ4n) is 3.31. The first kappa shape index (κ1) is 21.6.